The molecule has 0 fully saturated rings. The third kappa shape index (κ3) is 1.49. The van der Waals surface area contributed by atoms with Crippen LogP contribution in [0.15, 0.2) is 24.4 Å². The monoisotopic (exact) mass is 175 g/mol. The maximum Gasteiger partial charge on any atom is 0.0881 e. The van der Waals surface area contributed by atoms with Crippen molar-refractivity contribution < 1.29 is 0 Å². The quantitative estimate of drug-likeness (QED) is 0.752. The van der Waals surface area contributed by atoms with Gasteiger partial charge in [-0.15, -0.1) is 0 Å². The average molecular weight is 175 g/mol. The lowest BCUT2D eigenvalue weighted by Gasteiger charge is -2.04. The number of hydrogen-bond acceptors (Lipinski definition) is 2. The van der Waals surface area contributed by atoms with E-state index in [1.807, 2.05) is 12.3 Å². The SMILES string of the molecule is CCCNc1cccc2cn[nH]c12. The van der Waals surface area contributed by atoms with Crippen molar-refractivity contribution >= 4 is 16.6 Å². The van der Waals surface area contributed by atoms with E-state index in [4.69, 9.17) is 0 Å². The van der Waals surface area contributed by atoms with E-state index in [0.29, 0.717) is 0 Å². The van der Waals surface area contributed by atoms with E-state index in [1.54, 1.807) is 0 Å². The predicted molar refractivity (Wildman–Crippen MR) is 54.9 cm³/mol. The lowest BCUT2D eigenvalue weighted by Crippen LogP contribution is -1.99. The molecular formula is C10H13N3. The number of hydrogen-bond donors (Lipinski definition) is 2. The van der Waals surface area contributed by atoms with Gasteiger partial charge in [-0.25, -0.2) is 0 Å². The highest BCUT2D eigenvalue weighted by molar-refractivity contribution is 5.89. The number of fused-ring (bicyclic) bond motifs is 1. The van der Waals surface area contributed by atoms with Crippen molar-refractivity contribution in [2.45, 2.75) is 13.3 Å². The first-order valence-corrected chi connectivity index (χ1v) is 4.58. The van der Waals surface area contributed by atoms with Gasteiger partial charge in [0.05, 0.1) is 17.4 Å². The minimum absolute atomic E-state index is 0.998. The van der Waals surface area contributed by atoms with E-state index < -0.39 is 0 Å². The molecule has 1 aromatic heterocycles. The highest BCUT2D eigenvalue weighted by Gasteiger charge is 1.99. The number of anilines is 1. The molecule has 3 nitrogen and oxygen atoms in total. The van der Waals surface area contributed by atoms with Crippen molar-refractivity contribution in [3.8, 4) is 0 Å². The van der Waals surface area contributed by atoms with Gasteiger partial charge < -0.3 is 5.32 Å². The van der Waals surface area contributed by atoms with E-state index >= 15 is 0 Å². The standard InChI is InChI=1S/C10H13N3/c1-2-6-11-9-5-3-4-8-7-12-13-10(8)9/h3-5,7,11H,2,6H2,1H3,(H,12,13). The van der Waals surface area contributed by atoms with E-state index in [9.17, 15) is 0 Å². The Balaban J connectivity index is 2.37. The lowest BCUT2D eigenvalue weighted by atomic mass is 10.2. The maximum absolute atomic E-state index is 4.01. The van der Waals surface area contributed by atoms with Crippen LogP contribution in [0.1, 0.15) is 13.3 Å². The van der Waals surface area contributed by atoms with Crippen molar-refractivity contribution in [2.75, 3.05) is 11.9 Å². The molecule has 0 aliphatic rings. The normalized spacial score (nSPS) is 10.5. The molecule has 0 saturated carbocycles. The Kier molecular flexibility index (Phi) is 2.17. The van der Waals surface area contributed by atoms with Gasteiger partial charge in [-0.05, 0) is 12.5 Å². The zero-order valence-corrected chi connectivity index (χ0v) is 7.67. The van der Waals surface area contributed by atoms with Gasteiger partial charge in [0.25, 0.3) is 0 Å². The summed E-state index contributed by atoms with van der Waals surface area (Å²) in [4.78, 5) is 0. The van der Waals surface area contributed by atoms with Crippen LogP contribution in [0.4, 0.5) is 5.69 Å². The van der Waals surface area contributed by atoms with Gasteiger partial charge in [-0.1, -0.05) is 19.1 Å². The maximum atomic E-state index is 4.01. The van der Waals surface area contributed by atoms with Crippen molar-refractivity contribution in [1.29, 1.82) is 0 Å². The van der Waals surface area contributed by atoms with Gasteiger partial charge in [0.2, 0.25) is 0 Å². The van der Waals surface area contributed by atoms with E-state index in [2.05, 4.69) is 34.6 Å². The number of nitrogens with one attached hydrogen (secondary N) is 2. The molecule has 0 radical (unpaired) electrons. The van der Waals surface area contributed by atoms with Gasteiger partial charge in [-0.3, -0.25) is 5.10 Å². The Bertz CT molecular complexity index is 392. The molecule has 0 unspecified atom stereocenters. The molecule has 1 heterocycles. The second-order valence-electron chi connectivity index (χ2n) is 3.07. The van der Waals surface area contributed by atoms with Crippen molar-refractivity contribution in [3.05, 3.63) is 24.4 Å². The third-order valence-corrected chi connectivity index (χ3v) is 2.04. The summed E-state index contributed by atoms with van der Waals surface area (Å²) in [6.07, 6.45) is 2.97. The van der Waals surface area contributed by atoms with Crippen LogP contribution in [-0.4, -0.2) is 16.7 Å². The Morgan fingerprint density at radius 1 is 1.46 bits per heavy atom. The molecule has 0 spiro atoms. The Morgan fingerprint density at radius 3 is 3.23 bits per heavy atom. The predicted octanol–water partition coefficient (Wildman–Crippen LogP) is 2.38. The van der Waals surface area contributed by atoms with Gasteiger partial charge in [0.1, 0.15) is 0 Å². The van der Waals surface area contributed by atoms with Crippen LogP contribution in [0.25, 0.3) is 10.9 Å². The second kappa shape index (κ2) is 3.47. The zero-order valence-electron chi connectivity index (χ0n) is 7.67. The van der Waals surface area contributed by atoms with Crippen LogP contribution in [0.3, 0.4) is 0 Å². The number of H-pyrrole nitrogens is 1. The summed E-state index contributed by atoms with van der Waals surface area (Å²) in [5.41, 5.74) is 2.23. The largest absolute Gasteiger partial charge is 0.383 e. The van der Waals surface area contributed by atoms with Crippen LogP contribution in [0.5, 0.6) is 0 Å². The van der Waals surface area contributed by atoms with Crippen LogP contribution >= 0.6 is 0 Å². The zero-order chi connectivity index (χ0) is 9.10. The Morgan fingerprint density at radius 2 is 2.38 bits per heavy atom. The highest BCUT2D eigenvalue weighted by Crippen LogP contribution is 2.19. The molecule has 0 aliphatic carbocycles. The lowest BCUT2D eigenvalue weighted by molar-refractivity contribution is 0.980. The molecule has 0 atom stereocenters. The summed E-state index contributed by atoms with van der Waals surface area (Å²) < 4.78 is 0. The molecule has 1 aromatic carbocycles. The van der Waals surface area contributed by atoms with Crippen molar-refractivity contribution in [1.82, 2.24) is 10.2 Å². The number of rotatable bonds is 3. The first-order valence-electron chi connectivity index (χ1n) is 4.58. The van der Waals surface area contributed by atoms with Gasteiger partial charge >= 0.3 is 0 Å². The highest BCUT2D eigenvalue weighted by atomic mass is 15.1. The van der Waals surface area contributed by atoms with Gasteiger partial charge in [-0.2, -0.15) is 5.10 Å². The smallest absolute Gasteiger partial charge is 0.0881 e. The Hall–Kier alpha value is -1.51. The third-order valence-electron chi connectivity index (χ3n) is 2.04. The number of aromatic nitrogens is 2. The minimum Gasteiger partial charge on any atom is -0.383 e. The molecular weight excluding hydrogens is 162 g/mol. The van der Waals surface area contributed by atoms with E-state index in [1.165, 1.54) is 0 Å². The number of para-hydroxylation sites is 1. The molecule has 0 amide bonds. The van der Waals surface area contributed by atoms with Crippen LogP contribution in [0.2, 0.25) is 0 Å². The fourth-order valence-electron chi connectivity index (χ4n) is 1.38. The van der Waals surface area contributed by atoms with Gasteiger partial charge in [0.15, 0.2) is 0 Å². The second-order valence-corrected chi connectivity index (χ2v) is 3.07. The molecule has 13 heavy (non-hydrogen) atoms. The number of benzene rings is 1. The van der Waals surface area contributed by atoms with E-state index in [0.717, 1.165) is 29.6 Å². The molecule has 68 valence electrons. The molecule has 2 aromatic rings. The topological polar surface area (TPSA) is 40.7 Å². The summed E-state index contributed by atoms with van der Waals surface area (Å²) >= 11 is 0. The summed E-state index contributed by atoms with van der Waals surface area (Å²) in [5, 5.41) is 11.5. The van der Waals surface area contributed by atoms with E-state index in [-0.39, 0.29) is 0 Å². The molecule has 0 aliphatic heterocycles. The average Bonchev–Trinajstić information content (AvgIpc) is 2.62. The molecule has 0 bridgehead atoms. The summed E-state index contributed by atoms with van der Waals surface area (Å²) in [6, 6.07) is 6.15. The molecule has 3 heteroatoms. The molecule has 0 saturated heterocycles. The first-order chi connectivity index (χ1) is 6.42. The van der Waals surface area contributed by atoms with Crippen LogP contribution in [-0.2, 0) is 0 Å². The van der Waals surface area contributed by atoms with Crippen LogP contribution in [0, 0.1) is 0 Å². The summed E-state index contributed by atoms with van der Waals surface area (Å²) in [6.45, 7) is 3.15. The van der Waals surface area contributed by atoms with Gasteiger partial charge in [0, 0.05) is 11.9 Å². The Labute approximate surface area is 77.2 Å². The minimum atomic E-state index is 0.998. The number of nitrogens with zero attached hydrogens (tertiary/aromatic N) is 1. The fraction of sp³-hybridized carbons (Fsp3) is 0.300. The van der Waals surface area contributed by atoms with Crippen molar-refractivity contribution in [3.63, 3.8) is 0 Å². The van der Waals surface area contributed by atoms with Crippen LogP contribution < -0.4 is 5.32 Å². The first kappa shape index (κ1) is 8.10. The summed E-state index contributed by atoms with van der Waals surface area (Å²) in [7, 11) is 0. The molecule has 2 N–H and O–H groups in total. The fourth-order valence-corrected chi connectivity index (χ4v) is 1.38. The molecule has 2 rings (SSSR count). The van der Waals surface area contributed by atoms with Crippen molar-refractivity contribution in [2.24, 2.45) is 0 Å². The number of aromatic amines is 1. The summed E-state index contributed by atoms with van der Waals surface area (Å²) in [5.74, 6) is 0.